The number of phenolic OH excluding ortho intramolecular Hbond substituents is 1. The lowest BCUT2D eigenvalue weighted by molar-refractivity contribution is 0.0925. The molecular formula is C22H31N3O3. The van der Waals surface area contributed by atoms with Crippen molar-refractivity contribution in [2.45, 2.75) is 26.8 Å². The molecule has 0 atom stereocenters. The number of para-hydroxylation sites is 2. The molecule has 1 saturated heterocycles. The minimum Gasteiger partial charge on any atom is -0.506 e. The van der Waals surface area contributed by atoms with Crippen molar-refractivity contribution in [3.05, 3.63) is 47.3 Å². The highest BCUT2D eigenvalue weighted by Gasteiger charge is 2.23. The number of anilines is 1. The van der Waals surface area contributed by atoms with Crippen LogP contribution in [-0.4, -0.2) is 66.8 Å². The van der Waals surface area contributed by atoms with E-state index in [9.17, 15) is 9.90 Å². The van der Waals surface area contributed by atoms with Crippen LogP contribution >= 0.6 is 0 Å². The van der Waals surface area contributed by atoms with Crippen LogP contribution in [0.1, 0.15) is 28.2 Å². The molecule has 0 bridgehead atoms. The van der Waals surface area contributed by atoms with E-state index in [0.717, 1.165) is 68.4 Å². The van der Waals surface area contributed by atoms with Crippen molar-refractivity contribution in [2.24, 2.45) is 0 Å². The fourth-order valence-corrected chi connectivity index (χ4v) is 3.96. The molecular weight excluding hydrogens is 354 g/mol. The lowest BCUT2D eigenvalue weighted by Crippen LogP contribution is -2.48. The van der Waals surface area contributed by atoms with Crippen molar-refractivity contribution in [1.29, 1.82) is 0 Å². The Labute approximate surface area is 167 Å². The number of piperazine rings is 1. The third-order valence-corrected chi connectivity index (χ3v) is 5.57. The van der Waals surface area contributed by atoms with Crippen molar-refractivity contribution in [1.82, 2.24) is 9.47 Å². The van der Waals surface area contributed by atoms with Crippen LogP contribution in [0, 0.1) is 13.8 Å². The maximum Gasteiger partial charge on any atom is 0.178 e. The highest BCUT2D eigenvalue weighted by atomic mass is 16.5. The standard InChI is InChI=1S/C22H31N3O3/c1-17-15-19(18(2)25(17)9-6-14-28-3)22(27)16-23-10-12-24(13-11-23)20-7-4-5-8-21(20)26/h4-5,7-8,15,26H,6,9-14,16H2,1-3H3. The van der Waals surface area contributed by atoms with Crippen LogP contribution in [0.2, 0.25) is 0 Å². The molecule has 1 fully saturated rings. The van der Waals surface area contributed by atoms with Gasteiger partial charge in [-0.05, 0) is 38.5 Å². The molecule has 1 aromatic carbocycles. The molecule has 28 heavy (non-hydrogen) atoms. The molecule has 0 unspecified atom stereocenters. The van der Waals surface area contributed by atoms with Crippen LogP contribution < -0.4 is 4.90 Å². The van der Waals surface area contributed by atoms with E-state index in [1.165, 1.54) is 0 Å². The minimum absolute atomic E-state index is 0.182. The summed E-state index contributed by atoms with van der Waals surface area (Å²) in [5.41, 5.74) is 3.87. The number of aromatic hydroxyl groups is 1. The Bertz CT molecular complexity index is 807. The lowest BCUT2D eigenvalue weighted by atomic mass is 10.1. The summed E-state index contributed by atoms with van der Waals surface area (Å²) in [5.74, 6) is 0.495. The Morgan fingerprint density at radius 1 is 1.14 bits per heavy atom. The summed E-state index contributed by atoms with van der Waals surface area (Å²) >= 11 is 0. The van der Waals surface area contributed by atoms with Crippen LogP contribution in [-0.2, 0) is 11.3 Å². The van der Waals surface area contributed by atoms with Crippen molar-refractivity contribution < 1.29 is 14.6 Å². The van der Waals surface area contributed by atoms with Gasteiger partial charge in [-0.25, -0.2) is 0 Å². The summed E-state index contributed by atoms with van der Waals surface area (Å²) in [6.07, 6.45) is 0.939. The smallest absolute Gasteiger partial charge is 0.178 e. The Morgan fingerprint density at radius 3 is 2.54 bits per heavy atom. The zero-order valence-corrected chi connectivity index (χ0v) is 17.1. The second kappa shape index (κ2) is 9.26. The molecule has 1 aliphatic rings. The lowest BCUT2D eigenvalue weighted by Gasteiger charge is -2.35. The number of carbonyl (C=O) groups excluding carboxylic acids is 1. The molecule has 1 N–H and O–H groups in total. The van der Waals surface area contributed by atoms with Gasteiger partial charge in [-0.15, -0.1) is 0 Å². The molecule has 0 aliphatic carbocycles. The van der Waals surface area contributed by atoms with Crippen molar-refractivity contribution in [3.63, 3.8) is 0 Å². The Hall–Kier alpha value is -2.31. The van der Waals surface area contributed by atoms with E-state index in [4.69, 9.17) is 4.74 Å². The number of hydrogen-bond acceptors (Lipinski definition) is 5. The second-order valence-electron chi connectivity index (χ2n) is 7.46. The predicted octanol–water partition coefficient (Wildman–Crippen LogP) is 2.85. The summed E-state index contributed by atoms with van der Waals surface area (Å²) in [7, 11) is 1.71. The number of ketones is 1. The Morgan fingerprint density at radius 2 is 1.86 bits per heavy atom. The third-order valence-electron chi connectivity index (χ3n) is 5.57. The summed E-state index contributed by atoms with van der Waals surface area (Å²) in [4.78, 5) is 17.3. The van der Waals surface area contributed by atoms with E-state index in [-0.39, 0.29) is 5.78 Å². The molecule has 3 rings (SSSR count). The topological polar surface area (TPSA) is 57.9 Å². The SMILES string of the molecule is COCCCn1c(C)cc(C(=O)CN2CCN(c3ccccc3O)CC2)c1C. The Balaban J connectivity index is 1.57. The third kappa shape index (κ3) is 4.56. The molecule has 1 aromatic heterocycles. The average molecular weight is 386 g/mol. The van der Waals surface area contributed by atoms with E-state index in [0.29, 0.717) is 12.3 Å². The largest absolute Gasteiger partial charge is 0.506 e. The number of phenols is 1. The maximum absolute atomic E-state index is 12.9. The molecule has 2 heterocycles. The van der Waals surface area contributed by atoms with E-state index in [2.05, 4.69) is 21.3 Å². The molecule has 1 aliphatic heterocycles. The van der Waals surface area contributed by atoms with Crippen LogP contribution in [0.25, 0.3) is 0 Å². The van der Waals surface area contributed by atoms with Crippen LogP contribution in [0.3, 0.4) is 0 Å². The molecule has 0 radical (unpaired) electrons. The normalized spacial score (nSPS) is 15.2. The minimum atomic E-state index is 0.182. The van der Waals surface area contributed by atoms with Gasteiger partial charge in [0.2, 0.25) is 0 Å². The monoisotopic (exact) mass is 385 g/mol. The summed E-state index contributed by atoms with van der Waals surface area (Å²) in [6, 6.07) is 9.44. The molecule has 6 nitrogen and oxygen atoms in total. The number of aromatic nitrogens is 1. The fraction of sp³-hybridized carbons (Fsp3) is 0.500. The molecule has 0 saturated carbocycles. The van der Waals surface area contributed by atoms with Gasteiger partial charge in [0.25, 0.3) is 0 Å². The number of benzene rings is 1. The van der Waals surface area contributed by atoms with E-state index >= 15 is 0 Å². The molecule has 0 spiro atoms. The first-order valence-electron chi connectivity index (χ1n) is 9.95. The van der Waals surface area contributed by atoms with Crippen molar-refractivity contribution in [3.8, 4) is 5.75 Å². The first kappa shape index (κ1) is 20.4. The number of Topliss-reactive ketones (excluding diaryl/α,β-unsaturated/α-hetero) is 1. The highest BCUT2D eigenvalue weighted by Crippen LogP contribution is 2.27. The Kier molecular flexibility index (Phi) is 6.75. The highest BCUT2D eigenvalue weighted by molar-refractivity contribution is 5.99. The van der Waals surface area contributed by atoms with Gasteiger partial charge in [0.15, 0.2) is 5.78 Å². The first-order chi connectivity index (χ1) is 13.5. The number of aryl methyl sites for hydroxylation is 1. The average Bonchev–Trinajstić information content (AvgIpc) is 2.97. The molecule has 6 heteroatoms. The maximum atomic E-state index is 12.9. The van der Waals surface area contributed by atoms with Crippen molar-refractivity contribution in [2.75, 3.05) is 51.3 Å². The summed E-state index contributed by atoms with van der Waals surface area (Å²) in [5, 5.41) is 10.0. The van der Waals surface area contributed by atoms with Gasteiger partial charge < -0.3 is 19.3 Å². The number of methoxy groups -OCH3 is 1. The zero-order valence-electron chi connectivity index (χ0n) is 17.1. The van der Waals surface area contributed by atoms with Gasteiger partial charge in [-0.3, -0.25) is 9.69 Å². The number of nitrogens with zero attached hydrogens (tertiary/aromatic N) is 3. The zero-order chi connectivity index (χ0) is 20.1. The van der Waals surface area contributed by atoms with Gasteiger partial charge >= 0.3 is 0 Å². The number of carbonyl (C=O) groups is 1. The van der Waals surface area contributed by atoms with Gasteiger partial charge in [0.1, 0.15) is 5.75 Å². The first-order valence-corrected chi connectivity index (χ1v) is 9.95. The van der Waals surface area contributed by atoms with Crippen LogP contribution in [0.5, 0.6) is 5.75 Å². The van der Waals surface area contributed by atoms with Gasteiger partial charge in [0, 0.05) is 63.4 Å². The van der Waals surface area contributed by atoms with E-state index in [1.54, 1.807) is 13.2 Å². The summed E-state index contributed by atoms with van der Waals surface area (Å²) < 4.78 is 7.35. The summed E-state index contributed by atoms with van der Waals surface area (Å²) in [6.45, 7) is 9.36. The quantitative estimate of drug-likeness (QED) is 0.559. The molecule has 0 amide bonds. The molecule has 2 aromatic rings. The second-order valence-corrected chi connectivity index (χ2v) is 7.46. The van der Waals surface area contributed by atoms with Crippen LogP contribution in [0.15, 0.2) is 30.3 Å². The number of ether oxygens (including phenoxy) is 1. The van der Waals surface area contributed by atoms with Gasteiger partial charge in [-0.1, -0.05) is 12.1 Å². The van der Waals surface area contributed by atoms with Crippen LogP contribution in [0.4, 0.5) is 5.69 Å². The van der Waals surface area contributed by atoms with E-state index in [1.807, 2.05) is 31.2 Å². The molecule has 152 valence electrons. The fourth-order valence-electron chi connectivity index (χ4n) is 3.96. The van der Waals surface area contributed by atoms with Crippen molar-refractivity contribution >= 4 is 11.5 Å². The number of hydrogen-bond donors (Lipinski definition) is 1. The predicted molar refractivity (Wildman–Crippen MR) is 111 cm³/mol. The van der Waals surface area contributed by atoms with E-state index < -0.39 is 0 Å². The van der Waals surface area contributed by atoms with Gasteiger partial charge in [0.05, 0.1) is 12.2 Å². The number of rotatable bonds is 8. The van der Waals surface area contributed by atoms with Gasteiger partial charge in [-0.2, -0.15) is 0 Å².